The van der Waals surface area contributed by atoms with Crippen molar-refractivity contribution in [2.45, 2.75) is 38.4 Å². The Balaban J connectivity index is 2.85. The van der Waals surface area contributed by atoms with E-state index in [2.05, 4.69) is 5.32 Å². The highest BCUT2D eigenvalue weighted by atomic mass is 19.4. The molecule has 0 saturated carbocycles. The summed E-state index contributed by atoms with van der Waals surface area (Å²) in [6, 6.07) is 2.77. The molecule has 1 atom stereocenters. The maximum absolute atomic E-state index is 12.6. The molecular formula is C14H16F3NO3. The highest BCUT2D eigenvalue weighted by Gasteiger charge is 2.31. The van der Waals surface area contributed by atoms with Gasteiger partial charge >= 0.3 is 12.1 Å². The van der Waals surface area contributed by atoms with Crippen LogP contribution in [0.5, 0.6) is 0 Å². The number of benzene rings is 1. The summed E-state index contributed by atoms with van der Waals surface area (Å²) in [6.07, 6.45) is -2.97. The number of hydrogen-bond donors (Lipinski definition) is 2. The molecule has 4 nitrogen and oxygen atoms in total. The zero-order valence-electron chi connectivity index (χ0n) is 11.4. The summed E-state index contributed by atoms with van der Waals surface area (Å²) in [7, 11) is 0. The van der Waals surface area contributed by atoms with Crippen molar-refractivity contribution in [3.05, 3.63) is 35.4 Å². The van der Waals surface area contributed by atoms with E-state index in [-0.39, 0.29) is 12.0 Å². The zero-order chi connectivity index (χ0) is 16.0. The van der Waals surface area contributed by atoms with Gasteiger partial charge in [-0.2, -0.15) is 13.2 Å². The first-order chi connectivity index (χ1) is 9.75. The zero-order valence-corrected chi connectivity index (χ0v) is 11.4. The van der Waals surface area contributed by atoms with E-state index in [1.54, 1.807) is 0 Å². The third kappa shape index (κ3) is 5.09. The Hall–Kier alpha value is -2.05. The van der Waals surface area contributed by atoms with Gasteiger partial charge in [-0.15, -0.1) is 0 Å². The van der Waals surface area contributed by atoms with E-state index in [0.29, 0.717) is 12.5 Å². The number of amides is 1. The highest BCUT2D eigenvalue weighted by molar-refractivity contribution is 5.96. The third-order valence-electron chi connectivity index (χ3n) is 2.90. The van der Waals surface area contributed by atoms with Crippen LogP contribution < -0.4 is 5.32 Å². The van der Waals surface area contributed by atoms with Crippen molar-refractivity contribution >= 4 is 11.9 Å². The number of carbonyl (C=O) groups excluding carboxylic acids is 1. The van der Waals surface area contributed by atoms with Crippen molar-refractivity contribution in [3.8, 4) is 0 Å². The van der Waals surface area contributed by atoms with E-state index in [0.717, 1.165) is 18.6 Å². The average molecular weight is 303 g/mol. The fraction of sp³-hybridized carbons (Fsp3) is 0.429. The number of hydrogen-bond acceptors (Lipinski definition) is 2. The predicted octanol–water partition coefficient (Wildman–Crippen LogP) is 3.08. The highest BCUT2D eigenvalue weighted by Crippen LogP contribution is 2.29. The molecule has 0 saturated heterocycles. The van der Waals surface area contributed by atoms with Gasteiger partial charge in [0.2, 0.25) is 0 Å². The van der Waals surface area contributed by atoms with Gasteiger partial charge in [-0.1, -0.05) is 25.8 Å². The van der Waals surface area contributed by atoms with Crippen molar-refractivity contribution in [1.82, 2.24) is 5.32 Å². The van der Waals surface area contributed by atoms with Crippen LogP contribution in [-0.4, -0.2) is 23.0 Å². The minimum absolute atomic E-state index is 0.215. The van der Waals surface area contributed by atoms with Crippen molar-refractivity contribution < 1.29 is 27.9 Å². The molecule has 1 rings (SSSR count). The Morgan fingerprint density at radius 1 is 1.33 bits per heavy atom. The summed E-state index contributed by atoms with van der Waals surface area (Å²) < 4.78 is 37.7. The lowest BCUT2D eigenvalue weighted by molar-refractivity contribution is -0.139. The molecule has 1 amide bonds. The summed E-state index contributed by atoms with van der Waals surface area (Å²) >= 11 is 0. The van der Waals surface area contributed by atoms with Crippen LogP contribution in [0.3, 0.4) is 0 Å². The molecule has 1 aromatic carbocycles. The normalized spacial score (nSPS) is 12.8. The van der Waals surface area contributed by atoms with Gasteiger partial charge in [-0.3, -0.25) is 4.79 Å². The molecule has 21 heavy (non-hydrogen) atoms. The predicted molar refractivity (Wildman–Crippen MR) is 69.9 cm³/mol. The Bertz CT molecular complexity index is 514. The fourth-order valence-electron chi connectivity index (χ4n) is 1.74. The van der Waals surface area contributed by atoms with Crippen LogP contribution in [0.25, 0.3) is 0 Å². The summed E-state index contributed by atoms with van der Waals surface area (Å²) in [6.45, 7) is 1.87. The number of alkyl halides is 3. The van der Waals surface area contributed by atoms with Crippen molar-refractivity contribution in [3.63, 3.8) is 0 Å². The Morgan fingerprint density at radius 2 is 2.00 bits per heavy atom. The van der Waals surface area contributed by atoms with Crippen LogP contribution in [0, 0.1) is 0 Å². The molecule has 0 heterocycles. The minimum Gasteiger partial charge on any atom is -0.480 e. The topological polar surface area (TPSA) is 66.4 Å². The standard InChI is InChI=1S/C14H16F3NO3/c1-2-3-7-11(13(20)21)18-12(19)9-5-4-6-10(8-9)14(15,16)17/h4-6,8,11H,2-3,7H2,1H3,(H,18,19)(H,20,21). The SMILES string of the molecule is CCCCC(NC(=O)c1cccc(C(F)(F)F)c1)C(=O)O. The van der Waals surface area contributed by atoms with E-state index in [1.165, 1.54) is 6.07 Å². The molecule has 1 unspecified atom stereocenters. The Morgan fingerprint density at radius 3 is 2.52 bits per heavy atom. The van der Waals surface area contributed by atoms with E-state index in [4.69, 9.17) is 5.11 Å². The second-order valence-corrected chi connectivity index (χ2v) is 4.59. The molecule has 7 heteroatoms. The molecule has 0 aromatic heterocycles. The van der Waals surface area contributed by atoms with Gasteiger partial charge in [0.1, 0.15) is 6.04 Å². The minimum atomic E-state index is -4.55. The second kappa shape index (κ2) is 7.10. The quantitative estimate of drug-likeness (QED) is 0.848. The Labute approximate surface area is 120 Å². The molecule has 1 aromatic rings. The number of halogens is 3. The average Bonchev–Trinajstić information content (AvgIpc) is 2.42. The molecule has 2 N–H and O–H groups in total. The second-order valence-electron chi connectivity index (χ2n) is 4.59. The number of carboxylic acids is 1. The summed E-state index contributed by atoms with van der Waals surface area (Å²) in [5.41, 5.74) is -1.16. The van der Waals surface area contributed by atoms with Crippen molar-refractivity contribution in [2.75, 3.05) is 0 Å². The van der Waals surface area contributed by atoms with Gasteiger partial charge in [0.05, 0.1) is 5.56 Å². The van der Waals surface area contributed by atoms with Crippen LogP contribution in [0.2, 0.25) is 0 Å². The van der Waals surface area contributed by atoms with E-state index >= 15 is 0 Å². The summed E-state index contributed by atoms with van der Waals surface area (Å²) in [4.78, 5) is 22.9. The number of nitrogens with one attached hydrogen (secondary N) is 1. The molecular weight excluding hydrogens is 287 g/mol. The molecule has 116 valence electrons. The Kier molecular flexibility index (Phi) is 5.75. The lowest BCUT2D eigenvalue weighted by atomic mass is 10.1. The van der Waals surface area contributed by atoms with Crippen LogP contribution in [0.15, 0.2) is 24.3 Å². The first-order valence-corrected chi connectivity index (χ1v) is 6.46. The van der Waals surface area contributed by atoms with Gasteiger partial charge in [-0.25, -0.2) is 4.79 Å². The van der Waals surface area contributed by atoms with Crippen molar-refractivity contribution in [1.29, 1.82) is 0 Å². The van der Waals surface area contributed by atoms with Crippen LogP contribution in [0.4, 0.5) is 13.2 Å². The molecule has 0 spiro atoms. The van der Waals surface area contributed by atoms with Crippen LogP contribution in [-0.2, 0) is 11.0 Å². The lowest BCUT2D eigenvalue weighted by Gasteiger charge is -2.15. The van der Waals surface area contributed by atoms with Gasteiger partial charge in [-0.05, 0) is 24.6 Å². The summed E-state index contributed by atoms with van der Waals surface area (Å²) in [5.74, 6) is -2.03. The molecule has 0 radical (unpaired) electrons. The molecule has 0 aliphatic carbocycles. The third-order valence-corrected chi connectivity index (χ3v) is 2.90. The van der Waals surface area contributed by atoms with Gasteiger partial charge in [0.25, 0.3) is 5.91 Å². The monoisotopic (exact) mass is 303 g/mol. The van der Waals surface area contributed by atoms with Gasteiger partial charge < -0.3 is 10.4 Å². The van der Waals surface area contributed by atoms with Crippen LogP contribution in [0.1, 0.15) is 42.1 Å². The molecule has 0 fully saturated rings. The smallest absolute Gasteiger partial charge is 0.416 e. The summed E-state index contributed by atoms with van der Waals surface area (Å²) in [5, 5.41) is 11.2. The van der Waals surface area contributed by atoms with Gasteiger partial charge in [0.15, 0.2) is 0 Å². The van der Waals surface area contributed by atoms with E-state index < -0.39 is 29.7 Å². The fourth-order valence-corrected chi connectivity index (χ4v) is 1.74. The van der Waals surface area contributed by atoms with E-state index in [9.17, 15) is 22.8 Å². The number of unbranched alkanes of at least 4 members (excludes halogenated alkanes) is 1. The number of rotatable bonds is 6. The maximum atomic E-state index is 12.6. The first-order valence-electron chi connectivity index (χ1n) is 6.46. The lowest BCUT2D eigenvalue weighted by Crippen LogP contribution is -2.40. The first kappa shape index (κ1) is 17.0. The maximum Gasteiger partial charge on any atom is 0.416 e. The largest absolute Gasteiger partial charge is 0.480 e. The molecule has 0 bridgehead atoms. The van der Waals surface area contributed by atoms with E-state index in [1.807, 2.05) is 6.92 Å². The molecule has 0 aliphatic rings. The number of carboxylic acid groups (broad SMARTS) is 1. The van der Waals surface area contributed by atoms with Crippen molar-refractivity contribution in [2.24, 2.45) is 0 Å². The number of aliphatic carboxylic acids is 1. The number of carbonyl (C=O) groups is 2. The van der Waals surface area contributed by atoms with Crippen LogP contribution >= 0.6 is 0 Å². The van der Waals surface area contributed by atoms with Gasteiger partial charge in [0, 0.05) is 5.56 Å². The molecule has 0 aliphatic heterocycles.